The third-order valence-electron chi connectivity index (χ3n) is 4.02. The summed E-state index contributed by atoms with van der Waals surface area (Å²) in [6.07, 6.45) is 6.03. The molecule has 6 nitrogen and oxygen atoms in total. The van der Waals surface area contributed by atoms with E-state index in [-0.39, 0.29) is 19.1 Å². The molecule has 2 rings (SSSR count). The molecule has 24 heavy (non-hydrogen) atoms. The second-order valence-electron chi connectivity index (χ2n) is 5.89. The number of esters is 1. The number of ether oxygens (including phenoxy) is 2. The Morgan fingerprint density at radius 3 is 2.50 bits per heavy atom. The zero-order chi connectivity index (χ0) is 17.2. The molecular weight excluding hydrogens is 308 g/mol. The zero-order valence-electron chi connectivity index (χ0n) is 13.6. The SMILES string of the molecule is N#Cc1ccc(OCC(=O)OCC(=O)NCC2CCCCC2)cc1. The Morgan fingerprint density at radius 1 is 1.12 bits per heavy atom. The number of nitrogens with one attached hydrogen (secondary N) is 1. The summed E-state index contributed by atoms with van der Waals surface area (Å²) in [5, 5.41) is 11.5. The first-order valence-corrected chi connectivity index (χ1v) is 8.22. The predicted octanol–water partition coefficient (Wildman–Crippen LogP) is 2.18. The maximum Gasteiger partial charge on any atom is 0.344 e. The molecule has 0 bridgehead atoms. The number of benzene rings is 1. The third-order valence-corrected chi connectivity index (χ3v) is 4.02. The van der Waals surface area contributed by atoms with Crippen LogP contribution < -0.4 is 10.1 Å². The zero-order valence-corrected chi connectivity index (χ0v) is 13.6. The summed E-state index contributed by atoms with van der Waals surface area (Å²) in [7, 11) is 0. The minimum atomic E-state index is -0.604. The Balaban J connectivity index is 1.59. The van der Waals surface area contributed by atoms with Crippen molar-refractivity contribution in [3.63, 3.8) is 0 Å². The molecule has 1 aliphatic rings. The second-order valence-corrected chi connectivity index (χ2v) is 5.89. The lowest BCUT2D eigenvalue weighted by atomic mass is 9.89. The van der Waals surface area contributed by atoms with E-state index in [0.717, 1.165) is 12.8 Å². The molecule has 0 aliphatic heterocycles. The second kappa shape index (κ2) is 9.56. The van der Waals surface area contributed by atoms with Crippen LogP contribution >= 0.6 is 0 Å². The van der Waals surface area contributed by atoms with E-state index in [0.29, 0.717) is 23.8 Å². The van der Waals surface area contributed by atoms with Gasteiger partial charge in [0.15, 0.2) is 13.2 Å². The highest BCUT2D eigenvalue weighted by atomic mass is 16.6. The molecule has 1 aromatic carbocycles. The lowest BCUT2D eigenvalue weighted by Gasteiger charge is -2.21. The number of hydrogen-bond donors (Lipinski definition) is 1. The van der Waals surface area contributed by atoms with Crippen LogP contribution in [0.5, 0.6) is 5.75 Å². The fourth-order valence-corrected chi connectivity index (χ4v) is 2.66. The molecule has 0 saturated heterocycles. The number of hydrogen-bond acceptors (Lipinski definition) is 5. The standard InChI is InChI=1S/C18H22N2O4/c19-10-14-6-8-16(9-7-14)23-13-18(22)24-12-17(21)20-11-15-4-2-1-3-5-15/h6-9,15H,1-5,11-13H2,(H,20,21). The van der Waals surface area contributed by atoms with E-state index in [4.69, 9.17) is 14.7 Å². The van der Waals surface area contributed by atoms with Gasteiger partial charge in [0.05, 0.1) is 11.6 Å². The Hall–Kier alpha value is -2.55. The van der Waals surface area contributed by atoms with Gasteiger partial charge in [-0.15, -0.1) is 0 Å². The van der Waals surface area contributed by atoms with Crippen LogP contribution in [0, 0.1) is 17.2 Å². The van der Waals surface area contributed by atoms with Crippen molar-refractivity contribution in [2.24, 2.45) is 5.92 Å². The van der Waals surface area contributed by atoms with Crippen LogP contribution in [-0.4, -0.2) is 31.6 Å². The van der Waals surface area contributed by atoms with E-state index in [1.165, 1.54) is 19.3 Å². The topological polar surface area (TPSA) is 88.4 Å². The van der Waals surface area contributed by atoms with Crippen LogP contribution in [0.1, 0.15) is 37.7 Å². The minimum absolute atomic E-state index is 0.276. The van der Waals surface area contributed by atoms with Crippen molar-refractivity contribution >= 4 is 11.9 Å². The maximum absolute atomic E-state index is 11.7. The molecule has 1 amide bonds. The normalized spacial score (nSPS) is 14.5. The molecule has 0 aromatic heterocycles. The summed E-state index contributed by atoms with van der Waals surface area (Å²) in [4.78, 5) is 23.2. The van der Waals surface area contributed by atoms with E-state index < -0.39 is 5.97 Å². The Morgan fingerprint density at radius 2 is 1.83 bits per heavy atom. The van der Waals surface area contributed by atoms with Gasteiger partial charge in [-0.05, 0) is 43.0 Å². The van der Waals surface area contributed by atoms with Gasteiger partial charge in [-0.3, -0.25) is 4.79 Å². The highest BCUT2D eigenvalue weighted by Crippen LogP contribution is 2.22. The van der Waals surface area contributed by atoms with Crippen LogP contribution in [0.2, 0.25) is 0 Å². The largest absolute Gasteiger partial charge is 0.482 e. The Kier molecular flexibility index (Phi) is 7.09. The summed E-state index contributed by atoms with van der Waals surface area (Å²) in [5.41, 5.74) is 0.513. The molecule has 128 valence electrons. The van der Waals surface area contributed by atoms with Crippen LogP contribution in [0.25, 0.3) is 0 Å². The first kappa shape index (κ1) is 17.8. The number of rotatable bonds is 7. The molecule has 0 unspecified atom stereocenters. The van der Waals surface area contributed by atoms with Gasteiger partial charge in [-0.25, -0.2) is 4.79 Å². The summed E-state index contributed by atoms with van der Waals surface area (Å²) >= 11 is 0. The number of carbonyl (C=O) groups excluding carboxylic acids is 2. The molecule has 1 saturated carbocycles. The number of amides is 1. The number of nitrogens with zero attached hydrogens (tertiary/aromatic N) is 1. The van der Waals surface area contributed by atoms with Gasteiger partial charge in [0.25, 0.3) is 5.91 Å². The first-order valence-electron chi connectivity index (χ1n) is 8.22. The third kappa shape index (κ3) is 6.29. The summed E-state index contributed by atoms with van der Waals surface area (Å²) < 4.78 is 10.1. The molecule has 6 heteroatoms. The van der Waals surface area contributed by atoms with Gasteiger partial charge in [0, 0.05) is 6.54 Å². The maximum atomic E-state index is 11.7. The van der Waals surface area contributed by atoms with Crippen LogP contribution in [-0.2, 0) is 14.3 Å². The highest BCUT2D eigenvalue weighted by Gasteiger charge is 2.15. The average Bonchev–Trinajstić information content (AvgIpc) is 2.64. The molecule has 0 heterocycles. The molecule has 0 atom stereocenters. The van der Waals surface area contributed by atoms with E-state index in [9.17, 15) is 9.59 Å². The average molecular weight is 330 g/mol. The van der Waals surface area contributed by atoms with Gasteiger partial charge >= 0.3 is 5.97 Å². The van der Waals surface area contributed by atoms with E-state index >= 15 is 0 Å². The van der Waals surface area contributed by atoms with Gasteiger partial charge in [-0.1, -0.05) is 19.3 Å². The van der Waals surface area contributed by atoms with E-state index in [1.807, 2.05) is 6.07 Å². The fraction of sp³-hybridized carbons (Fsp3) is 0.500. The van der Waals surface area contributed by atoms with Crippen molar-refractivity contribution < 1.29 is 19.1 Å². The molecule has 1 fully saturated rings. The van der Waals surface area contributed by atoms with Crippen LogP contribution in [0.3, 0.4) is 0 Å². The van der Waals surface area contributed by atoms with E-state index in [1.54, 1.807) is 24.3 Å². The Labute approximate surface area is 141 Å². The predicted molar refractivity (Wildman–Crippen MR) is 87.2 cm³/mol. The summed E-state index contributed by atoms with van der Waals surface area (Å²) in [5.74, 6) is 0.116. The molecular formula is C18H22N2O4. The van der Waals surface area contributed by atoms with Gasteiger partial charge in [0.1, 0.15) is 5.75 Å². The first-order chi connectivity index (χ1) is 11.7. The molecule has 1 N–H and O–H groups in total. The van der Waals surface area contributed by atoms with Crippen LogP contribution in [0.4, 0.5) is 0 Å². The molecule has 0 radical (unpaired) electrons. The highest BCUT2D eigenvalue weighted by molar-refractivity contribution is 5.80. The fourth-order valence-electron chi connectivity index (χ4n) is 2.66. The molecule has 1 aromatic rings. The van der Waals surface area contributed by atoms with Gasteiger partial charge in [-0.2, -0.15) is 5.26 Å². The molecule has 0 spiro atoms. The van der Waals surface area contributed by atoms with Gasteiger partial charge in [0.2, 0.25) is 0 Å². The summed E-state index contributed by atoms with van der Waals surface area (Å²) in [6, 6.07) is 8.39. The Bertz CT molecular complexity index is 586. The minimum Gasteiger partial charge on any atom is -0.482 e. The number of nitriles is 1. The van der Waals surface area contributed by atoms with Crippen LogP contribution in [0.15, 0.2) is 24.3 Å². The van der Waals surface area contributed by atoms with Crippen molar-refractivity contribution in [1.82, 2.24) is 5.32 Å². The smallest absolute Gasteiger partial charge is 0.344 e. The van der Waals surface area contributed by atoms with Crippen molar-refractivity contribution in [2.75, 3.05) is 19.8 Å². The molecule has 1 aliphatic carbocycles. The van der Waals surface area contributed by atoms with Crippen molar-refractivity contribution in [2.45, 2.75) is 32.1 Å². The monoisotopic (exact) mass is 330 g/mol. The van der Waals surface area contributed by atoms with Crippen molar-refractivity contribution in [3.8, 4) is 11.8 Å². The van der Waals surface area contributed by atoms with Gasteiger partial charge < -0.3 is 14.8 Å². The van der Waals surface area contributed by atoms with E-state index in [2.05, 4.69) is 5.32 Å². The van der Waals surface area contributed by atoms with Crippen molar-refractivity contribution in [3.05, 3.63) is 29.8 Å². The lowest BCUT2D eigenvalue weighted by molar-refractivity contribution is -0.150. The lowest BCUT2D eigenvalue weighted by Crippen LogP contribution is -2.34. The summed E-state index contributed by atoms with van der Waals surface area (Å²) in [6.45, 7) is 0.0855. The van der Waals surface area contributed by atoms with Crippen molar-refractivity contribution in [1.29, 1.82) is 5.26 Å². The quantitative estimate of drug-likeness (QED) is 0.774. The number of carbonyl (C=O) groups is 2.